The summed E-state index contributed by atoms with van der Waals surface area (Å²) < 4.78 is 0. The molecular weight excluding hydrogens is 180 g/mol. The highest BCUT2D eigenvalue weighted by Gasteiger charge is 2.26. The van der Waals surface area contributed by atoms with Crippen LogP contribution < -0.4 is 0 Å². The van der Waals surface area contributed by atoms with Crippen molar-refractivity contribution in [2.75, 3.05) is 0 Å². The van der Waals surface area contributed by atoms with Gasteiger partial charge in [0.1, 0.15) is 0 Å². The molecule has 0 aromatic rings. The van der Waals surface area contributed by atoms with Crippen molar-refractivity contribution >= 4 is 0 Å². The van der Waals surface area contributed by atoms with Crippen LogP contribution in [0.5, 0.6) is 0 Å². The van der Waals surface area contributed by atoms with Gasteiger partial charge < -0.3 is 0 Å². The molecule has 0 fully saturated rings. The monoisotopic (exact) mass is 212 g/mol. The van der Waals surface area contributed by atoms with Gasteiger partial charge in [-0.05, 0) is 31.1 Å². The van der Waals surface area contributed by atoms with Crippen molar-refractivity contribution in [2.24, 2.45) is 5.41 Å². The van der Waals surface area contributed by atoms with E-state index in [1.54, 1.807) is 0 Å². The van der Waals surface area contributed by atoms with Gasteiger partial charge in [-0.3, -0.25) is 0 Å². The molecule has 0 atom stereocenters. The van der Waals surface area contributed by atoms with E-state index < -0.39 is 0 Å². The van der Waals surface area contributed by atoms with Gasteiger partial charge in [0.2, 0.25) is 0 Å². The van der Waals surface area contributed by atoms with Gasteiger partial charge in [-0.15, -0.1) is 0 Å². The summed E-state index contributed by atoms with van der Waals surface area (Å²) in [4.78, 5) is 0. The molecule has 0 aliphatic heterocycles. The first-order chi connectivity index (χ1) is 7.24. The predicted octanol–water partition coefficient (Wildman–Crippen LogP) is 5.95. The summed E-state index contributed by atoms with van der Waals surface area (Å²) in [5.74, 6) is 0. The molecule has 0 heteroatoms. The Bertz CT molecular complexity index is 110. The molecule has 0 aromatic heterocycles. The molecule has 0 bridgehead atoms. The zero-order valence-electron chi connectivity index (χ0n) is 11.6. The van der Waals surface area contributed by atoms with Crippen molar-refractivity contribution in [1.29, 1.82) is 0 Å². The lowest BCUT2D eigenvalue weighted by Gasteiger charge is -2.34. The highest BCUT2D eigenvalue weighted by molar-refractivity contribution is 4.78. The maximum atomic E-state index is 2.35. The Labute approximate surface area is 97.8 Å². The van der Waals surface area contributed by atoms with Crippen molar-refractivity contribution in [3.8, 4) is 0 Å². The van der Waals surface area contributed by atoms with Crippen LogP contribution in [0.15, 0.2) is 0 Å². The molecule has 0 saturated carbocycles. The van der Waals surface area contributed by atoms with Crippen LogP contribution in [0, 0.1) is 5.41 Å². The minimum absolute atomic E-state index is 0.704. The van der Waals surface area contributed by atoms with Gasteiger partial charge in [-0.25, -0.2) is 0 Å². The molecule has 0 radical (unpaired) electrons. The summed E-state index contributed by atoms with van der Waals surface area (Å²) in [5, 5.41) is 0. The molecular formula is C15H32. The van der Waals surface area contributed by atoms with Gasteiger partial charge in [0.05, 0.1) is 0 Å². The first-order valence-electron chi connectivity index (χ1n) is 7.24. The Hall–Kier alpha value is 0. The normalized spacial score (nSPS) is 12.0. The van der Waals surface area contributed by atoms with E-state index in [0.29, 0.717) is 5.41 Å². The molecule has 0 aliphatic carbocycles. The fourth-order valence-corrected chi connectivity index (χ4v) is 2.91. The molecule has 0 N–H and O–H groups in total. The number of rotatable bonds is 10. The van der Waals surface area contributed by atoms with Gasteiger partial charge >= 0.3 is 0 Å². The van der Waals surface area contributed by atoms with Crippen molar-refractivity contribution in [3.05, 3.63) is 0 Å². The molecule has 0 unspecified atom stereocenters. The Kier molecular flexibility index (Phi) is 9.24. The Morgan fingerprint density at radius 2 is 0.933 bits per heavy atom. The zero-order chi connectivity index (χ0) is 11.6. The molecule has 0 nitrogen and oxygen atoms in total. The standard InChI is InChI=1S/C15H32/c1-5-9-13-15(11-7-3,12-8-4)14-10-6-2/h5-14H2,1-4H3. The van der Waals surface area contributed by atoms with E-state index in [-0.39, 0.29) is 0 Å². The van der Waals surface area contributed by atoms with Crippen LogP contribution in [-0.2, 0) is 0 Å². The highest BCUT2D eigenvalue weighted by atomic mass is 14.3. The van der Waals surface area contributed by atoms with Crippen LogP contribution in [0.1, 0.15) is 91.9 Å². The van der Waals surface area contributed by atoms with Gasteiger partial charge in [-0.1, -0.05) is 66.2 Å². The van der Waals surface area contributed by atoms with E-state index in [1.165, 1.54) is 64.2 Å². The third-order valence-corrected chi connectivity index (χ3v) is 3.68. The average Bonchev–Trinajstić information content (AvgIpc) is 2.24. The number of hydrogen-bond donors (Lipinski definition) is 0. The summed E-state index contributed by atoms with van der Waals surface area (Å²) in [6.07, 6.45) is 14.2. The number of unbranched alkanes of at least 4 members (excludes halogenated alkanes) is 2. The predicted molar refractivity (Wildman–Crippen MR) is 71.3 cm³/mol. The number of hydrogen-bond acceptors (Lipinski definition) is 0. The van der Waals surface area contributed by atoms with Crippen LogP contribution in [0.25, 0.3) is 0 Å². The summed E-state index contributed by atoms with van der Waals surface area (Å²) in [5.41, 5.74) is 0.704. The molecule has 0 aromatic carbocycles. The second-order valence-corrected chi connectivity index (χ2v) is 5.21. The van der Waals surface area contributed by atoms with E-state index in [0.717, 1.165) is 0 Å². The Morgan fingerprint density at radius 3 is 1.20 bits per heavy atom. The van der Waals surface area contributed by atoms with E-state index in [1.807, 2.05) is 0 Å². The molecule has 15 heavy (non-hydrogen) atoms. The van der Waals surface area contributed by atoms with E-state index in [2.05, 4.69) is 27.7 Å². The van der Waals surface area contributed by atoms with E-state index >= 15 is 0 Å². The lowest BCUT2D eigenvalue weighted by molar-refractivity contribution is 0.184. The van der Waals surface area contributed by atoms with Gasteiger partial charge in [0, 0.05) is 0 Å². The molecule has 0 amide bonds. The molecule has 0 heterocycles. The lowest BCUT2D eigenvalue weighted by atomic mass is 9.72. The second-order valence-electron chi connectivity index (χ2n) is 5.21. The van der Waals surface area contributed by atoms with Crippen LogP contribution in [0.3, 0.4) is 0 Å². The second kappa shape index (κ2) is 9.24. The summed E-state index contributed by atoms with van der Waals surface area (Å²) in [7, 11) is 0. The van der Waals surface area contributed by atoms with Crippen molar-refractivity contribution in [2.45, 2.75) is 91.9 Å². The van der Waals surface area contributed by atoms with E-state index in [4.69, 9.17) is 0 Å². The molecule has 0 saturated heterocycles. The van der Waals surface area contributed by atoms with Gasteiger partial charge in [0.25, 0.3) is 0 Å². The first-order valence-corrected chi connectivity index (χ1v) is 7.24. The highest BCUT2D eigenvalue weighted by Crippen LogP contribution is 2.40. The van der Waals surface area contributed by atoms with Gasteiger partial charge in [0.15, 0.2) is 0 Å². The van der Waals surface area contributed by atoms with Crippen LogP contribution in [-0.4, -0.2) is 0 Å². The van der Waals surface area contributed by atoms with Crippen LogP contribution >= 0.6 is 0 Å². The fraction of sp³-hybridized carbons (Fsp3) is 1.00. The van der Waals surface area contributed by atoms with Crippen LogP contribution in [0.2, 0.25) is 0 Å². The van der Waals surface area contributed by atoms with E-state index in [9.17, 15) is 0 Å². The summed E-state index contributed by atoms with van der Waals surface area (Å²) in [6.45, 7) is 9.34. The topological polar surface area (TPSA) is 0 Å². The fourth-order valence-electron chi connectivity index (χ4n) is 2.91. The summed E-state index contributed by atoms with van der Waals surface area (Å²) in [6, 6.07) is 0. The van der Waals surface area contributed by atoms with Crippen molar-refractivity contribution < 1.29 is 0 Å². The molecule has 0 spiro atoms. The molecule has 0 aliphatic rings. The zero-order valence-corrected chi connectivity index (χ0v) is 11.6. The lowest BCUT2D eigenvalue weighted by Crippen LogP contribution is -2.20. The van der Waals surface area contributed by atoms with Crippen molar-refractivity contribution in [3.63, 3.8) is 0 Å². The minimum Gasteiger partial charge on any atom is -0.0654 e. The first kappa shape index (κ1) is 15.0. The maximum absolute atomic E-state index is 2.35. The Morgan fingerprint density at radius 1 is 0.533 bits per heavy atom. The minimum atomic E-state index is 0.704. The van der Waals surface area contributed by atoms with Crippen LogP contribution in [0.4, 0.5) is 0 Å². The smallest absolute Gasteiger partial charge is 0.0298 e. The summed E-state index contributed by atoms with van der Waals surface area (Å²) >= 11 is 0. The maximum Gasteiger partial charge on any atom is -0.0298 e. The van der Waals surface area contributed by atoms with Crippen molar-refractivity contribution in [1.82, 2.24) is 0 Å². The largest absolute Gasteiger partial charge is 0.0654 e. The Balaban J connectivity index is 4.26. The third kappa shape index (κ3) is 6.22. The quantitative estimate of drug-likeness (QED) is 0.419. The SMILES string of the molecule is CCCCC(CCC)(CCC)CCCC. The average molecular weight is 212 g/mol. The molecule has 92 valence electrons. The third-order valence-electron chi connectivity index (χ3n) is 3.68. The van der Waals surface area contributed by atoms with Gasteiger partial charge in [-0.2, -0.15) is 0 Å². The molecule has 0 rings (SSSR count).